The first-order valence-corrected chi connectivity index (χ1v) is 7.39. The van der Waals surface area contributed by atoms with Crippen LogP contribution in [0.15, 0.2) is 12.3 Å². The summed E-state index contributed by atoms with van der Waals surface area (Å²) in [5, 5.41) is 0. The van der Waals surface area contributed by atoms with Crippen LogP contribution in [0.1, 0.15) is 43.0 Å². The van der Waals surface area contributed by atoms with Crippen LogP contribution in [0, 0.1) is 5.92 Å². The number of rotatable bonds is 6. The molecule has 1 aromatic rings. The van der Waals surface area contributed by atoms with Crippen molar-refractivity contribution in [1.29, 1.82) is 0 Å². The van der Waals surface area contributed by atoms with E-state index in [4.69, 9.17) is 10.5 Å². The van der Waals surface area contributed by atoms with Crippen molar-refractivity contribution < 1.29 is 9.53 Å². The number of hydrogen-bond donors (Lipinski definition) is 1. The third-order valence-electron chi connectivity index (χ3n) is 3.88. The molecule has 0 spiro atoms. The number of carbonyl (C=O) groups is 1. The normalized spacial score (nSPS) is 17.9. The molecule has 2 aliphatic rings. The molecule has 5 heteroatoms. The Morgan fingerprint density at radius 2 is 2.20 bits per heavy atom. The van der Waals surface area contributed by atoms with Crippen LogP contribution in [-0.2, 0) is 4.74 Å². The molecule has 0 saturated heterocycles. The fourth-order valence-corrected chi connectivity index (χ4v) is 2.45. The van der Waals surface area contributed by atoms with Crippen LogP contribution in [0.5, 0.6) is 0 Å². The lowest BCUT2D eigenvalue weighted by atomic mass is 10.2. The number of hydrogen-bond acceptors (Lipinski definition) is 5. The number of aromatic nitrogens is 1. The molecule has 108 valence electrons. The number of pyridine rings is 1. The third-order valence-corrected chi connectivity index (χ3v) is 3.88. The topological polar surface area (TPSA) is 68.5 Å². The minimum absolute atomic E-state index is 0.352. The molecule has 0 bridgehead atoms. The number of nitrogens with two attached hydrogens (primary N) is 1. The minimum Gasteiger partial charge on any atom is -0.462 e. The zero-order valence-electron chi connectivity index (χ0n) is 11.8. The monoisotopic (exact) mass is 275 g/mol. The van der Waals surface area contributed by atoms with Gasteiger partial charge in [-0.15, -0.1) is 0 Å². The molecule has 5 nitrogen and oxygen atoms in total. The lowest BCUT2D eigenvalue weighted by molar-refractivity contribution is 0.0527. The fraction of sp³-hybridized carbons (Fsp3) is 0.600. The van der Waals surface area contributed by atoms with E-state index < -0.39 is 0 Å². The van der Waals surface area contributed by atoms with Crippen molar-refractivity contribution in [3.63, 3.8) is 0 Å². The van der Waals surface area contributed by atoms with Crippen LogP contribution < -0.4 is 10.6 Å². The van der Waals surface area contributed by atoms with E-state index in [1.807, 2.05) is 0 Å². The number of nitrogen functional groups attached to an aromatic ring is 1. The van der Waals surface area contributed by atoms with E-state index in [1.165, 1.54) is 25.7 Å². The summed E-state index contributed by atoms with van der Waals surface area (Å²) in [5.74, 6) is 1.16. The summed E-state index contributed by atoms with van der Waals surface area (Å²) >= 11 is 0. The maximum absolute atomic E-state index is 11.9. The van der Waals surface area contributed by atoms with Crippen molar-refractivity contribution in [3.05, 3.63) is 17.8 Å². The van der Waals surface area contributed by atoms with Gasteiger partial charge in [-0.05, 0) is 44.6 Å². The molecular weight excluding hydrogens is 254 g/mol. The van der Waals surface area contributed by atoms with Crippen LogP contribution in [-0.4, -0.2) is 30.1 Å². The van der Waals surface area contributed by atoms with Gasteiger partial charge in [-0.1, -0.05) is 0 Å². The Balaban J connectivity index is 1.87. The third kappa shape index (κ3) is 2.71. The molecule has 0 aliphatic heterocycles. The van der Waals surface area contributed by atoms with E-state index in [2.05, 4.69) is 9.88 Å². The molecule has 0 unspecified atom stereocenters. The van der Waals surface area contributed by atoms with Crippen molar-refractivity contribution in [1.82, 2.24) is 4.98 Å². The molecule has 1 aromatic heterocycles. The Morgan fingerprint density at radius 3 is 2.80 bits per heavy atom. The van der Waals surface area contributed by atoms with Gasteiger partial charge in [0.25, 0.3) is 0 Å². The number of carbonyl (C=O) groups excluding carboxylic acids is 1. The lowest BCUT2D eigenvalue weighted by Crippen LogP contribution is -2.30. The second kappa shape index (κ2) is 5.31. The van der Waals surface area contributed by atoms with Gasteiger partial charge in [0.2, 0.25) is 0 Å². The second-order valence-corrected chi connectivity index (χ2v) is 5.64. The van der Waals surface area contributed by atoms with Crippen LogP contribution in [0.25, 0.3) is 0 Å². The van der Waals surface area contributed by atoms with Gasteiger partial charge in [0.1, 0.15) is 0 Å². The quantitative estimate of drug-likeness (QED) is 0.806. The summed E-state index contributed by atoms with van der Waals surface area (Å²) in [4.78, 5) is 18.6. The zero-order chi connectivity index (χ0) is 14.1. The Hall–Kier alpha value is -1.78. The average Bonchev–Trinajstić information content (AvgIpc) is 3.29. The lowest BCUT2D eigenvalue weighted by Gasteiger charge is -2.25. The van der Waals surface area contributed by atoms with Gasteiger partial charge in [-0.3, -0.25) is 0 Å². The fourth-order valence-electron chi connectivity index (χ4n) is 2.45. The molecule has 0 amide bonds. The van der Waals surface area contributed by atoms with Crippen molar-refractivity contribution in [3.8, 4) is 0 Å². The maximum atomic E-state index is 11.9. The summed E-state index contributed by atoms with van der Waals surface area (Å²) in [6.07, 6.45) is 6.62. The van der Waals surface area contributed by atoms with Gasteiger partial charge in [0, 0.05) is 18.8 Å². The van der Waals surface area contributed by atoms with Crippen molar-refractivity contribution in [2.24, 2.45) is 5.92 Å². The average molecular weight is 275 g/mol. The predicted octanol–water partition coefficient (Wildman–Crippen LogP) is 2.22. The highest BCUT2D eigenvalue weighted by atomic mass is 16.5. The van der Waals surface area contributed by atoms with Crippen molar-refractivity contribution in [2.75, 3.05) is 23.8 Å². The first-order chi connectivity index (χ1) is 9.70. The molecule has 2 N–H and O–H groups in total. The largest absolute Gasteiger partial charge is 0.462 e. The van der Waals surface area contributed by atoms with Crippen LogP contribution in [0.4, 0.5) is 11.5 Å². The first-order valence-electron chi connectivity index (χ1n) is 7.39. The summed E-state index contributed by atoms with van der Waals surface area (Å²) in [7, 11) is 0. The minimum atomic E-state index is -0.365. The van der Waals surface area contributed by atoms with Gasteiger partial charge < -0.3 is 15.4 Å². The van der Waals surface area contributed by atoms with E-state index in [0.29, 0.717) is 23.9 Å². The number of ether oxygens (including phenoxy) is 1. The van der Waals surface area contributed by atoms with Gasteiger partial charge in [-0.25, -0.2) is 9.78 Å². The number of anilines is 2. The number of esters is 1. The Labute approximate surface area is 119 Å². The highest BCUT2D eigenvalue weighted by molar-refractivity contribution is 5.97. The van der Waals surface area contributed by atoms with Crippen molar-refractivity contribution in [2.45, 2.75) is 38.6 Å². The van der Waals surface area contributed by atoms with Crippen molar-refractivity contribution >= 4 is 17.5 Å². The van der Waals surface area contributed by atoms with Gasteiger partial charge in [0.15, 0.2) is 5.82 Å². The molecule has 2 fully saturated rings. The predicted molar refractivity (Wildman–Crippen MR) is 77.7 cm³/mol. The van der Waals surface area contributed by atoms with Gasteiger partial charge >= 0.3 is 5.97 Å². The molecule has 2 aliphatic carbocycles. The van der Waals surface area contributed by atoms with Crippen LogP contribution in [0.2, 0.25) is 0 Å². The molecule has 0 aromatic carbocycles. The SMILES string of the molecule is CCOC(=O)c1ccnc(N(CC2CC2)C2CC2)c1N. The zero-order valence-corrected chi connectivity index (χ0v) is 11.8. The standard InChI is InChI=1S/C15H21N3O2/c1-2-20-15(19)12-7-8-17-14(13(12)16)18(11-5-6-11)9-10-3-4-10/h7-8,10-11H,2-6,9,16H2,1H3. The van der Waals surface area contributed by atoms with Crippen LogP contribution in [0.3, 0.4) is 0 Å². The highest BCUT2D eigenvalue weighted by Gasteiger charge is 2.35. The maximum Gasteiger partial charge on any atom is 0.340 e. The van der Waals surface area contributed by atoms with Gasteiger partial charge in [0.05, 0.1) is 17.9 Å². The van der Waals surface area contributed by atoms with E-state index in [9.17, 15) is 4.79 Å². The Kier molecular flexibility index (Phi) is 3.51. The molecule has 0 atom stereocenters. The van der Waals surface area contributed by atoms with E-state index in [1.54, 1.807) is 19.2 Å². The first kappa shape index (κ1) is 13.2. The van der Waals surface area contributed by atoms with E-state index in [-0.39, 0.29) is 5.97 Å². The van der Waals surface area contributed by atoms with E-state index in [0.717, 1.165) is 18.3 Å². The molecule has 0 radical (unpaired) electrons. The van der Waals surface area contributed by atoms with Gasteiger partial charge in [-0.2, -0.15) is 0 Å². The summed E-state index contributed by atoms with van der Waals surface area (Å²) in [6.45, 7) is 3.15. The highest BCUT2D eigenvalue weighted by Crippen LogP contribution is 2.39. The van der Waals surface area contributed by atoms with E-state index >= 15 is 0 Å². The molecule has 2 saturated carbocycles. The smallest absolute Gasteiger partial charge is 0.340 e. The molecular formula is C15H21N3O2. The van der Waals surface area contributed by atoms with Crippen LogP contribution >= 0.6 is 0 Å². The Bertz CT molecular complexity index is 510. The summed E-state index contributed by atoms with van der Waals surface area (Å²) in [6, 6.07) is 2.18. The summed E-state index contributed by atoms with van der Waals surface area (Å²) < 4.78 is 5.05. The molecule has 3 rings (SSSR count). The second-order valence-electron chi connectivity index (χ2n) is 5.64. The molecule has 20 heavy (non-hydrogen) atoms. The summed E-state index contributed by atoms with van der Waals surface area (Å²) in [5.41, 5.74) is 7.06. The molecule has 1 heterocycles. The Morgan fingerprint density at radius 1 is 1.45 bits per heavy atom. The number of nitrogens with zero attached hydrogens (tertiary/aromatic N) is 2.